The van der Waals surface area contributed by atoms with E-state index >= 15 is 0 Å². The lowest BCUT2D eigenvalue weighted by Gasteiger charge is -2.26. The minimum Gasteiger partial charge on any atom is -0.378 e. The number of rotatable bonds is 1. The van der Waals surface area contributed by atoms with Crippen LogP contribution in [-0.4, -0.2) is 47.2 Å². The van der Waals surface area contributed by atoms with E-state index in [9.17, 15) is 4.79 Å². The van der Waals surface area contributed by atoms with Crippen LogP contribution < -0.4 is 5.32 Å². The molecule has 0 radical (unpaired) electrons. The van der Waals surface area contributed by atoms with Gasteiger partial charge in [-0.2, -0.15) is 0 Å². The molecule has 0 unspecified atom stereocenters. The number of aromatic nitrogens is 2. The summed E-state index contributed by atoms with van der Waals surface area (Å²) in [7, 11) is 0. The van der Waals surface area contributed by atoms with Crippen LogP contribution in [0.4, 0.5) is 10.5 Å². The summed E-state index contributed by atoms with van der Waals surface area (Å²) in [5, 5.41) is 2.87. The number of carbonyl (C=O) groups excluding carboxylic acids is 1. The topological polar surface area (TPSA) is 67.4 Å². The van der Waals surface area contributed by atoms with E-state index in [0.29, 0.717) is 26.3 Å². The lowest BCUT2D eigenvalue weighted by atomic mass is 10.2. The summed E-state index contributed by atoms with van der Waals surface area (Å²) in [4.78, 5) is 22.2. The zero-order valence-corrected chi connectivity index (χ0v) is 10.4. The normalized spacial score (nSPS) is 15.5. The first-order valence-corrected chi connectivity index (χ1v) is 6.17. The molecule has 2 aromatic rings. The Morgan fingerprint density at radius 2 is 1.89 bits per heavy atom. The summed E-state index contributed by atoms with van der Waals surface area (Å²) in [6.07, 6.45) is 3.28. The van der Waals surface area contributed by atoms with E-state index in [-0.39, 0.29) is 6.03 Å². The Kier molecular flexibility index (Phi) is 3.24. The Labute approximate surface area is 110 Å². The third-order valence-corrected chi connectivity index (χ3v) is 3.02. The van der Waals surface area contributed by atoms with Crippen LogP contribution in [0.1, 0.15) is 0 Å². The summed E-state index contributed by atoms with van der Waals surface area (Å²) in [6, 6.07) is 5.39. The highest BCUT2D eigenvalue weighted by atomic mass is 16.5. The number of nitrogens with zero attached hydrogens (tertiary/aromatic N) is 3. The Hall–Kier alpha value is -2.21. The van der Waals surface area contributed by atoms with Crippen molar-refractivity contribution in [2.75, 3.05) is 31.6 Å². The van der Waals surface area contributed by atoms with Gasteiger partial charge in [0.25, 0.3) is 0 Å². The fourth-order valence-electron chi connectivity index (χ4n) is 2.01. The van der Waals surface area contributed by atoms with E-state index in [1.807, 2.05) is 18.2 Å². The fraction of sp³-hybridized carbons (Fsp3) is 0.308. The lowest BCUT2D eigenvalue weighted by Crippen LogP contribution is -2.43. The van der Waals surface area contributed by atoms with Crippen molar-refractivity contribution in [3.05, 3.63) is 30.6 Å². The molecule has 19 heavy (non-hydrogen) atoms. The van der Waals surface area contributed by atoms with Gasteiger partial charge in [-0.15, -0.1) is 0 Å². The maximum Gasteiger partial charge on any atom is 0.322 e. The molecule has 1 aliphatic rings. The zero-order chi connectivity index (χ0) is 13.1. The third-order valence-electron chi connectivity index (χ3n) is 3.02. The molecule has 0 saturated carbocycles. The quantitative estimate of drug-likeness (QED) is 0.841. The number of hydrogen-bond donors (Lipinski definition) is 1. The van der Waals surface area contributed by atoms with Crippen LogP contribution in [0.2, 0.25) is 0 Å². The van der Waals surface area contributed by atoms with Gasteiger partial charge in [0.2, 0.25) is 0 Å². The molecule has 1 N–H and O–H groups in total. The zero-order valence-electron chi connectivity index (χ0n) is 10.4. The second-order valence-corrected chi connectivity index (χ2v) is 4.29. The number of morpholine rings is 1. The molecule has 0 bridgehead atoms. The van der Waals surface area contributed by atoms with Crippen molar-refractivity contribution in [1.29, 1.82) is 0 Å². The van der Waals surface area contributed by atoms with Gasteiger partial charge in [-0.25, -0.2) is 4.79 Å². The van der Waals surface area contributed by atoms with E-state index in [4.69, 9.17) is 4.74 Å². The maximum absolute atomic E-state index is 12.0. The molecule has 98 valence electrons. The first-order valence-electron chi connectivity index (χ1n) is 6.17. The van der Waals surface area contributed by atoms with Gasteiger partial charge < -0.3 is 15.0 Å². The highest BCUT2D eigenvalue weighted by molar-refractivity contribution is 5.91. The largest absolute Gasteiger partial charge is 0.378 e. The lowest BCUT2D eigenvalue weighted by molar-refractivity contribution is 0.0564. The molecule has 1 fully saturated rings. The number of hydrogen-bond acceptors (Lipinski definition) is 4. The molecule has 6 heteroatoms. The van der Waals surface area contributed by atoms with Crippen LogP contribution in [0.5, 0.6) is 0 Å². The molecular weight excluding hydrogens is 244 g/mol. The van der Waals surface area contributed by atoms with Crippen molar-refractivity contribution < 1.29 is 9.53 Å². The molecule has 2 heterocycles. The summed E-state index contributed by atoms with van der Waals surface area (Å²) >= 11 is 0. The van der Waals surface area contributed by atoms with E-state index in [1.165, 1.54) is 0 Å². The fourth-order valence-corrected chi connectivity index (χ4v) is 2.01. The van der Waals surface area contributed by atoms with Crippen molar-refractivity contribution >= 4 is 22.8 Å². The average Bonchev–Trinajstić information content (AvgIpc) is 2.48. The van der Waals surface area contributed by atoms with Gasteiger partial charge in [0.15, 0.2) is 0 Å². The van der Waals surface area contributed by atoms with Gasteiger partial charge in [-0.05, 0) is 18.2 Å². The van der Waals surface area contributed by atoms with Gasteiger partial charge >= 0.3 is 6.03 Å². The Bertz CT molecular complexity index is 596. The van der Waals surface area contributed by atoms with Crippen molar-refractivity contribution in [3.63, 3.8) is 0 Å². The standard InChI is InChI=1S/C13H14N4O2/c18-13(17-5-7-19-8-6-17)16-10-1-2-11-12(9-10)15-4-3-14-11/h1-4,9H,5-8H2,(H,16,18). The molecule has 3 rings (SSSR count). The third kappa shape index (κ3) is 2.63. The van der Waals surface area contributed by atoms with Gasteiger partial charge in [-0.3, -0.25) is 9.97 Å². The summed E-state index contributed by atoms with van der Waals surface area (Å²) in [6.45, 7) is 2.44. The van der Waals surface area contributed by atoms with Crippen molar-refractivity contribution in [3.8, 4) is 0 Å². The van der Waals surface area contributed by atoms with Crippen molar-refractivity contribution in [1.82, 2.24) is 14.9 Å². The average molecular weight is 258 g/mol. The van der Waals surface area contributed by atoms with Crippen LogP contribution >= 0.6 is 0 Å². The molecule has 2 amide bonds. The Morgan fingerprint density at radius 1 is 1.16 bits per heavy atom. The number of carbonyl (C=O) groups is 1. The summed E-state index contributed by atoms with van der Waals surface area (Å²) in [5.74, 6) is 0. The molecule has 6 nitrogen and oxygen atoms in total. The highest BCUT2D eigenvalue weighted by Gasteiger charge is 2.16. The van der Waals surface area contributed by atoms with Crippen molar-refractivity contribution in [2.45, 2.75) is 0 Å². The monoisotopic (exact) mass is 258 g/mol. The number of ether oxygens (including phenoxy) is 1. The minimum atomic E-state index is -0.105. The number of urea groups is 1. The Morgan fingerprint density at radius 3 is 2.68 bits per heavy atom. The second kappa shape index (κ2) is 5.19. The van der Waals surface area contributed by atoms with Crippen LogP contribution in [0.15, 0.2) is 30.6 Å². The Balaban J connectivity index is 1.75. The van der Waals surface area contributed by atoms with Crippen LogP contribution in [0.25, 0.3) is 11.0 Å². The molecule has 0 aliphatic carbocycles. The number of anilines is 1. The SMILES string of the molecule is O=C(Nc1ccc2nccnc2c1)N1CCOCC1. The molecular formula is C13H14N4O2. The van der Waals surface area contributed by atoms with E-state index in [1.54, 1.807) is 17.3 Å². The van der Waals surface area contributed by atoms with E-state index < -0.39 is 0 Å². The van der Waals surface area contributed by atoms with E-state index in [2.05, 4.69) is 15.3 Å². The van der Waals surface area contributed by atoms with Gasteiger partial charge in [0, 0.05) is 31.2 Å². The second-order valence-electron chi connectivity index (χ2n) is 4.29. The summed E-state index contributed by atoms with van der Waals surface area (Å²) < 4.78 is 5.22. The molecule has 1 saturated heterocycles. The number of fused-ring (bicyclic) bond motifs is 1. The highest BCUT2D eigenvalue weighted by Crippen LogP contribution is 2.15. The first kappa shape index (κ1) is 11.9. The van der Waals surface area contributed by atoms with E-state index in [0.717, 1.165) is 16.7 Å². The first-order chi connectivity index (χ1) is 9.33. The molecule has 0 spiro atoms. The maximum atomic E-state index is 12.0. The van der Waals surface area contributed by atoms with Gasteiger partial charge in [-0.1, -0.05) is 0 Å². The summed E-state index contributed by atoms with van der Waals surface area (Å²) in [5.41, 5.74) is 2.30. The molecule has 0 atom stereocenters. The van der Waals surface area contributed by atoms with Gasteiger partial charge in [0.1, 0.15) is 0 Å². The van der Waals surface area contributed by atoms with Crippen molar-refractivity contribution in [2.24, 2.45) is 0 Å². The number of benzene rings is 1. The predicted molar refractivity (Wildman–Crippen MR) is 70.9 cm³/mol. The molecule has 1 aliphatic heterocycles. The van der Waals surface area contributed by atoms with Crippen LogP contribution in [-0.2, 0) is 4.74 Å². The van der Waals surface area contributed by atoms with Crippen LogP contribution in [0, 0.1) is 0 Å². The predicted octanol–water partition coefficient (Wildman–Crippen LogP) is 1.49. The van der Waals surface area contributed by atoms with Crippen LogP contribution in [0.3, 0.4) is 0 Å². The minimum absolute atomic E-state index is 0.105. The smallest absolute Gasteiger partial charge is 0.322 e. The number of nitrogens with one attached hydrogen (secondary N) is 1. The molecule has 1 aromatic carbocycles. The number of amides is 2. The molecule has 1 aromatic heterocycles. The van der Waals surface area contributed by atoms with Gasteiger partial charge in [0.05, 0.1) is 24.2 Å².